The van der Waals surface area contributed by atoms with Gasteiger partial charge < -0.3 is 15.2 Å². The van der Waals surface area contributed by atoms with E-state index >= 15 is 0 Å². The van der Waals surface area contributed by atoms with Gasteiger partial charge in [0.15, 0.2) is 0 Å². The molecule has 0 spiro atoms. The number of hydrogen-bond acceptors (Lipinski definition) is 3. The molecule has 3 aromatic rings. The minimum atomic E-state index is -1.13. The predicted octanol–water partition coefficient (Wildman–Crippen LogP) is 4.80. The fourth-order valence-corrected chi connectivity index (χ4v) is 2.57. The number of carbonyl (C=O) groups excluding carboxylic acids is 1. The second kappa shape index (κ2) is 8.38. The van der Waals surface area contributed by atoms with Gasteiger partial charge in [-0.05, 0) is 48.5 Å². The summed E-state index contributed by atoms with van der Waals surface area (Å²) in [5.41, 5.74) is 1.58. The average Bonchev–Trinajstić information content (AvgIpc) is 2.69. The van der Waals surface area contributed by atoms with Crippen LogP contribution in [0.4, 0.5) is 5.69 Å². The highest BCUT2D eigenvalue weighted by Gasteiger charge is 2.21. The van der Waals surface area contributed by atoms with Crippen molar-refractivity contribution in [2.45, 2.75) is 6.10 Å². The molecule has 0 aliphatic carbocycles. The van der Waals surface area contributed by atoms with Crippen LogP contribution in [0.25, 0.3) is 0 Å². The molecule has 0 saturated heterocycles. The average molecular weight is 382 g/mol. The lowest BCUT2D eigenvalue weighted by Crippen LogP contribution is -2.18. The van der Waals surface area contributed by atoms with Crippen molar-refractivity contribution < 1.29 is 19.4 Å². The molecule has 6 heteroatoms. The molecule has 1 atom stereocenters. The van der Waals surface area contributed by atoms with Gasteiger partial charge in [-0.3, -0.25) is 4.79 Å². The highest BCUT2D eigenvalue weighted by Crippen LogP contribution is 2.23. The normalized spacial score (nSPS) is 11.4. The van der Waals surface area contributed by atoms with E-state index in [1.807, 2.05) is 0 Å². The molecular formula is C21H16ClNO4. The van der Waals surface area contributed by atoms with Crippen molar-refractivity contribution in [1.82, 2.24) is 0 Å². The van der Waals surface area contributed by atoms with E-state index in [4.69, 9.17) is 16.3 Å². The summed E-state index contributed by atoms with van der Waals surface area (Å²) in [5, 5.41) is 12.8. The van der Waals surface area contributed by atoms with Gasteiger partial charge in [-0.1, -0.05) is 41.9 Å². The van der Waals surface area contributed by atoms with Crippen molar-refractivity contribution in [3.05, 3.63) is 95.0 Å². The Morgan fingerprint density at radius 2 is 1.52 bits per heavy atom. The van der Waals surface area contributed by atoms with E-state index in [2.05, 4.69) is 5.32 Å². The standard InChI is InChI=1S/C21H16ClNO4/c22-16-8-10-17(11-9-16)23-20(24)15-6-12-18(13-7-15)27-19(21(25)26)14-4-2-1-3-5-14/h1-13,19H,(H,23,24)(H,25,26). The fourth-order valence-electron chi connectivity index (χ4n) is 2.45. The van der Waals surface area contributed by atoms with Crippen LogP contribution in [0.1, 0.15) is 22.0 Å². The first kappa shape index (κ1) is 18.5. The highest BCUT2D eigenvalue weighted by molar-refractivity contribution is 6.30. The molecule has 1 unspecified atom stereocenters. The van der Waals surface area contributed by atoms with E-state index in [1.165, 1.54) is 0 Å². The molecule has 136 valence electrons. The van der Waals surface area contributed by atoms with Crippen LogP contribution in [0.2, 0.25) is 5.02 Å². The fraction of sp³-hybridized carbons (Fsp3) is 0.0476. The second-order valence-electron chi connectivity index (χ2n) is 5.73. The van der Waals surface area contributed by atoms with Crippen LogP contribution >= 0.6 is 11.6 Å². The predicted molar refractivity (Wildman–Crippen MR) is 103 cm³/mol. The van der Waals surface area contributed by atoms with Gasteiger partial charge in [0.1, 0.15) is 5.75 Å². The van der Waals surface area contributed by atoms with Crippen LogP contribution in [0.3, 0.4) is 0 Å². The third-order valence-electron chi connectivity index (χ3n) is 3.80. The first-order chi connectivity index (χ1) is 13.0. The molecule has 1 amide bonds. The van der Waals surface area contributed by atoms with Gasteiger partial charge in [-0.15, -0.1) is 0 Å². The largest absolute Gasteiger partial charge is 0.478 e. The summed E-state index contributed by atoms with van der Waals surface area (Å²) in [7, 11) is 0. The summed E-state index contributed by atoms with van der Waals surface area (Å²) in [4.78, 5) is 23.8. The van der Waals surface area contributed by atoms with Gasteiger partial charge in [-0.2, -0.15) is 0 Å². The molecule has 0 aliphatic rings. The number of nitrogens with one attached hydrogen (secondary N) is 1. The van der Waals surface area contributed by atoms with Crippen molar-refractivity contribution >= 4 is 29.2 Å². The second-order valence-corrected chi connectivity index (χ2v) is 6.17. The maximum Gasteiger partial charge on any atom is 0.349 e. The SMILES string of the molecule is O=C(Nc1ccc(Cl)cc1)c1ccc(OC(C(=O)O)c2ccccc2)cc1. The number of benzene rings is 3. The zero-order valence-electron chi connectivity index (χ0n) is 14.1. The van der Waals surface area contributed by atoms with Crippen molar-refractivity contribution in [2.75, 3.05) is 5.32 Å². The lowest BCUT2D eigenvalue weighted by atomic mass is 10.1. The number of halogens is 1. The zero-order valence-corrected chi connectivity index (χ0v) is 14.9. The number of carboxylic acid groups (broad SMARTS) is 1. The first-order valence-corrected chi connectivity index (χ1v) is 8.52. The number of aliphatic carboxylic acids is 1. The lowest BCUT2D eigenvalue weighted by molar-refractivity contribution is -0.145. The summed E-state index contributed by atoms with van der Waals surface area (Å²) >= 11 is 5.82. The molecule has 0 heterocycles. The molecule has 2 N–H and O–H groups in total. The van der Waals surface area contributed by atoms with E-state index < -0.39 is 12.1 Å². The van der Waals surface area contributed by atoms with Gasteiger partial charge >= 0.3 is 5.97 Å². The number of hydrogen-bond donors (Lipinski definition) is 2. The Morgan fingerprint density at radius 3 is 2.11 bits per heavy atom. The van der Waals surface area contributed by atoms with E-state index in [0.717, 1.165) is 0 Å². The summed E-state index contributed by atoms with van der Waals surface area (Å²) in [6.07, 6.45) is -1.13. The molecule has 0 aliphatic heterocycles. The maximum atomic E-state index is 12.3. The van der Waals surface area contributed by atoms with E-state index in [-0.39, 0.29) is 5.91 Å². The number of carbonyl (C=O) groups is 2. The number of anilines is 1. The maximum absolute atomic E-state index is 12.3. The summed E-state index contributed by atoms with van der Waals surface area (Å²) in [6, 6.07) is 21.7. The van der Waals surface area contributed by atoms with Crippen LogP contribution in [-0.4, -0.2) is 17.0 Å². The van der Waals surface area contributed by atoms with Gasteiger partial charge in [0.05, 0.1) is 0 Å². The Hall–Kier alpha value is -3.31. The number of amides is 1. The van der Waals surface area contributed by atoms with Crippen molar-refractivity contribution in [2.24, 2.45) is 0 Å². The minimum absolute atomic E-state index is 0.290. The van der Waals surface area contributed by atoms with Gasteiger partial charge in [-0.25, -0.2) is 4.79 Å². The smallest absolute Gasteiger partial charge is 0.349 e. The van der Waals surface area contributed by atoms with Crippen LogP contribution < -0.4 is 10.1 Å². The van der Waals surface area contributed by atoms with Gasteiger partial charge in [0, 0.05) is 21.8 Å². The van der Waals surface area contributed by atoms with E-state index in [1.54, 1.807) is 78.9 Å². The molecule has 0 bridgehead atoms. The van der Waals surface area contributed by atoms with E-state index in [0.29, 0.717) is 27.6 Å². The molecule has 3 aromatic carbocycles. The number of ether oxygens (including phenoxy) is 1. The van der Waals surface area contributed by atoms with Crippen molar-refractivity contribution in [1.29, 1.82) is 0 Å². The summed E-state index contributed by atoms with van der Waals surface area (Å²) < 4.78 is 5.58. The van der Waals surface area contributed by atoms with Gasteiger partial charge in [0.25, 0.3) is 5.91 Å². The number of carboxylic acids is 1. The Bertz CT molecular complexity index is 925. The van der Waals surface area contributed by atoms with E-state index in [9.17, 15) is 14.7 Å². The zero-order chi connectivity index (χ0) is 19.2. The Labute approximate surface area is 161 Å². The Balaban J connectivity index is 1.69. The number of rotatable bonds is 6. The van der Waals surface area contributed by atoms with Crippen molar-refractivity contribution in [3.8, 4) is 5.75 Å². The molecule has 0 saturated carbocycles. The molecule has 0 aromatic heterocycles. The van der Waals surface area contributed by atoms with Crippen LogP contribution in [0, 0.1) is 0 Å². The topological polar surface area (TPSA) is 75.6 Å². The first-order valence-electron chi connectivity index (χ1n) is 8.14. The van der Waals surface area contributed by atoms with Crippen LogP contribution in [-0.2, 0) is 4.79 Å². The van der Waals surface area contributed by atoms with Gasteiger partial charge in [0.2, 0.25) is 6.10 Å². The quantitative estimate of drug-likeness (QED) is 0.643. The highest BCUT2D eigenvalue weighted by atomic mass is 35.5. The molecule has 0 radical (unpaired) electrons. The molecular weight excluding hydrogens is 366 g/mol. The molecule has 27 heavy (non-hydrogen) atoms. The third kappa shape index (κ3) is 4.86. The molecule has 5 nitrogen and oxygen atoms in total. The summed E-state index contributed by atoms with van der Waals surface area (Å²) in [6.45, 7) is 0. The van der Waals surface area contributed by atoms with Crippen molar-refractivity contribution in [3.63, 3.8) is 0 Å². The lowest BCUT2D eigenvalue weighted by Gasteiger charge is -2.15. The monoisotopic (exact) mass is 381 g/mol. The minimum Gasteiger partial charge on any atom is -0.478 e. The molecule has 3 rings (SSSR count). The van der Waals surface area contributed by atoms with Crippen LogP contribution in [0.15, 0.2) is 78.9 Å². The Morgan fingerprint density at radius 1 is 0.889 bits per heavy atom. The van der Waals surface area contributed by atoms with Crippen LogP contribution in [0.5, 0.6) is 5.75 Å². The Kier molecular flexibility index (Phi) is 5.74. The molecule has 0 fully saturated rings. The summed E-state index contributed by atoms with van der Waals surface area (Å²) in [5.74, 6) is -1.03. The third-order valence-corrected chi connectivity index (χ3v) is 4.05.